The van der Waals surface area contributed by atoms with E-state index in [2.05, 4.69) is 5.32 Å². The van der Waals surface area contributed by atoms with Crippen molar-refractivity contribution in [3.8, 4) is 5.75 Å². The Labute approximate surface area is 162 Å². The first-order valence-electron chi connectivity index (χ1n) is 8.51. The van der Waals surface area contributed by atoms with Gasteiger partial charge in [-0.05, 0) is 62.4 Å². The minimum Gasteiger partial charge on any atom is -0.507 e. The predicted molar refractivity (Wildman–Crippen MR) is 104 cm³/mol. The van der Waals surface area contributed by atoms with Gasteiger partial charge < -0.3 is 19.9 Å². The van der Waals surface area contributed by atoms with Crippen LogP contribution in [-0.2, 0) is 14.3 Å². The van der Waals surface area contributed by atoms with E-state index < -0.39 is 17.7 Å². The molecule has 0 heterocycles. The molecule has 0 bridgehead atoms. The van der Waals surface area contributed by atoms with Gasteiger partial charge >= 0.3 is 5.97 Å². The van der Waals surface area contributed by atoms with Crippen molar-refractivity contribution in [2.24, 2.45) is 0 Å². The van der Waals surface area contributed by atoms with Crippen LogP contribution < -0.4 is 10.1 Å². The summed E-state index contributed by atoms with van der Waals surface area (Å²) in [5.74, 6) is -2.05. The Balaban J connectivity index is 2.01. The van der Waals surface area contributed by atoms with E-state index in [0.29, 0.717) is 22.6 Å². The van der Waals surface area contributed by atoms with Crippen LogP contribution in [0.25, 0.3) is 5.76 Å². The number of benzene rings is 2. The zero-order valence-electron chi connectivity index (χ0n) is 15.8. The van der Waals surface area contributed by atoms with E-state index in [4.69, 9.17) is 9.47 Å². The third-order valence-corrected chi connectivity index (χ3v) is 3.60. The van der Waals surface area contributed by atoms with Crippen molar-refractivity contribution in [2.45, 2.75) is 20.0 Å². The van der Waals surface area contributed by atoms with Gasteiger partial charge in [0.15, 0.2) is 0 Å². The van der Waals surface area contributed by atoms with Crippen molar-refractivity contribution in [3.63, 3.8) is 0 Å². The van der Waals surface area contributed by atoms with Crippen LogP contribution in [0.1, 0.15) is 29.8 Å². The standard InChI is InChI=1S/C21H21NO6/c1-13(2)28-21(26)15-4-8-16(9-5-15)22-20(25)19(24)12-18(23)14-6-10-17(27-3)11-7-14/h4-13,23H,1-3H3,(H,22,25)/b18-12-. The van der Waals surface area contributed by atoms with E-state index >= 15 is 0 Å². The number of rotatable bonds is 7. The molecule has 2 rings (SSSR count). The average molecular weight is 383 g/mol. The topological polar surface area (TPSA) is 102 Å². The van der Waals surface area contributed by atoms with Crippen LogP contribution in [0.4, 0.5) is 5.69 Å². The number of anilines is 1. The molecule has 0 atom stereocenters. The minimum absolute atomic E-state index is 0.241. The van der Waals surface area contributed by atoms with Crippen LogP contribution in [0.15, 0.2) is 54.6 Å². The van der Waals surface area contributed by atoms with E-state index in [0.717, 1.165) is 6.08 Å². The van der Waals surface area contributed by atoms with Crippen LogP contribution in [0.5, 0.6) is 5.75 Å². The number of methoxy groups -OCH3 is 1. The molecule has 7 heteroatoms. The quantitative estimate of drug-likeness (QED) is 0.329. The summed E-state index contributed by atoms with van der Waals surface area (Å²) in [5, 5.41) is 12.4. The first kappa shape index (κ1) is 20.7. The fourth-order valence-electron chi connectivity index (χ4n) is 2.20. The van der Waals surface area contributed by atoms with Gasteiger partial charge in [0.25, 0.3) is 5.91 Å². The predicted octanol–water partition coefficient (Wildman–Crippen LogP) is 3.37. The lowest BCUT2D eigenvalue weighted by molar-refractivity contribution is -0.131. The van der Waals surface area contributed by atoms with Crippen molar-refractivity contribution < 1.29 is 29.0 Å². The summed E-state index contributed by atoms with van der Waals surface area (Å²) >= 11 is 0. The number of hydrogen-bond donors (Lipinski definition) is 2. The second-order valence-electron chi connectivity index (χ2n) is 6.11. The van der Waals surface area contributed by atoms with Crippen molar-refractivity contribution in [1.29, 1.82) is 0 Å². The number of amides is 1. The number of ketones is 1. The molecule has 0 aromatic heterocycles. The highest BCUT2D eigenvalue weighted by molar-refractivity contribution is 6.45. The lowest BCUT2D eigenvalue weighted by atomic mass is 10.1. The lowest BCUT2D eigenvalue weighted by Gasteiger charge is -2.08. The summed E-state index contributed by atoms with van der Waals surface area (Å²) in [6.07, 6.45) is 0.598. The average Bonchev–Trinajstić information content (AvgIpc) is 2.67. The first-order chi connectivity index (χ1) is 13.3. The molecular weight excluding hydrogens is 362 g/mol. The molecule has 1 amide bonds. The maximum Gasteiger partial charge on any atom is 0.338 e. The molecule has 0 unspecified atom stereocenters. The zero-order chi connectivity index (χ0) is 20.7. The van der Waals surface area contributed by atoms with Crippen LogP contribution in [0, 0.1) is 0 Å². The number of nitrogens with one attached hydrogen (secondary N) is 1. The number of aliphatic hydroxyl groups is 1. The Bertz CT molecular complexity index is 882. The first-order valence-corrected chi connectivity index (χ1v) is 8.51. The van der Waals surface area contributed by atoms with Crippen LogP contribution in [-0.4, -0.2) is 36.0 Å². The van der Waals surface area contributed by atoms with Gasteiger partial charge in [-0.2, -0.15) is 0 Å². The molecule has 0 spiro atoms. The highest BCUT2D eigenvalue weighted by atomic mass is 16.5. The zero-order valence-corrected chi connectivity index (χ0v) is 15.8. The molecule has 2 aromatic carbocycles. The summed E-state index contributed by atoms with van der Waals surface area (Å²) in [6, 6.07) is 12.3. The maximum atomic E-state index is 12.0. The van der Waals surface area contributed by atoms with Gasteiger partial charge in [-0.25, -0.2) is 4.79 Å². The number of carbonyl (C=O) groups excluding carboxylic acids is 3. The van der Waals surface area contributed by atoms with Crippen molar-refractivity contribution in [3.05, 3.63) is 65.7 Å². The van der Waals surface area contributed by atoms with Gasteiger partial charge in [0.05, 0.1) is 18.8 Å². The second kappa shape index (κ2) is 9.36. The largest absolute Gasteiger partial charge is 0.507 e. The van der Waals surface area contributed by atoms with Crippen LogP contribution in [0.3, 0.4) is 0 Å². The number of aliphatic hydroxyl groups excluding tert-OH is 1. The van der Waals surface area contributed by atoms with Gasteiger partial charge in [0.2, 0.25) is 5.78 Å². The summed E-state index contributed by atoms with van der Waals surface area (Å²) in [4.78, 5) is 35.8. The lowest BCUT2D eigenvalue weighted by Crippen LogP contribution is -2.21. The summed E-state index contributed by atoms with van der Waals surface area (Å²) in [6.45, 7) is 3.49. The number of ether oxygens (including phenoxy) is 2. The molecule has 146 valence electrons. The highest BCUT2D eigenvalue weighted by Crippen LogP contribution is 2.17. The van der Waals surface area contributed by atoms with Gasteiger partial charge in [-0.15, -0.1) is 0 Å². The second-order valence-corrected chi connectivity index (χ2v) is 6.11. The summed E-state index contributed by atoms with van der Waals surface area (Å²) < 4.78 is 10.1. The molecule has 28 heavy (non-hydrogen) atoms. The fraction of sp³-hybridized carbons (Fsp3) is 0.190. The summed E-state index contributed by atoms with van der Waals surface area (Å²) in [5.41, 5.74) is 1.03. The Morgan fingerprint density at radius 3 is 2.07 bits per heavy atom. The SMILES string of the molecule is COc1ccc(/C(O)=C/C(=O)C(=O)Nc2ccc(C(=O)OC(C)C)cc2)cc1. The third kappa shape index (κ3) is 5.70. The maximum absolute atomic E-state index is 12.0. The molecule has 0 radical (unpaired) electrons. The molecule has 0 aliphatic rings. The normalized spacial score (nSPS) is 11.1. The Morgan fingerprint density at radius 1 is 0.964 bits per heavy atom. The Kier molecular flexibility index (Phi) is 6.92. The Hall–Kier alpha value is -3.61. The number of esters is 1. The smallest absolute Gasteiger partial charge is 0.338 e. The van der Waals surface area contributed by atoms with Gasteiger partial charge in [-0.3, -0.25) is 9.59 Å². The molecule has 0 saturated carbocycles. The molecule has 0 saturated heterocycles. The van der Waals surface area contributed by atoms with E-state index in [1.807, 2.05) is 0 Å². The highest BCUT2D eigenvalue weighted by Gasteiger charge is 2.14. The van der Waals surface area contributed by atoms with Crippen LogP contribution >= 0.6 is 0 Å². The molecular formula is C21H21NO6. The van der Waals surface area contributed by atoms with Gasteiger partial charge in [-0.1, -0.05) is 0 Å². The van der Waals surface area contributed by atoms with Crippen molar-refractivity contribution in [1.82, 2.24) is 0 Å². The van der Waals surface area contributed by atoms with Crippen molar-refractivity contribution in [2.75, 3.05) is 12.4 Å². The number of carbonyl (C=O) groups is 3. The molecule has 0 aliphatic carbocycles. The third-order valence-electron chi connectivity index (χ3n) is 3.60. The minimum atomic E-state index is -0.920. The molecule has 2 N–H and O–H groups in total. The van der Waals surface area contributed by atoms with E-state index in [-0.39, 0.29) is 11.9 Å². The molecule has 0 fully saturated rings. The van der Waals surface area contributed by atoms with Gasteiger partial charge in [0.1, 0.15) is 11.5 Å². The van der Waals surface area contributed by atoms with Crippen LogP contribution in [0.2, 0.25) is 0 Å². The van der Waals surface area contributed by atoms with E-state index in [1.54, 1.807) is 38.1 Å². The van der Waals surface area contributed by atoms with Gasteiger partial charge in [0, 0.05) is 17.3 Å². The monoisotopic (exact) mass is 383 g/mol. The van der Waals surface area contributed by atoms with E-state index in [9.17, 15) is 19.5 Å². The van der Waals surface area contributed by atoms with E-state index in [1.165, 1.54) is 31.4 Å². The summed E-state index contributed by atoms with van der Waals surface area (Å²) in [7, 11) is 1.51. The Morgan fingerprint density at radius 2 is 1.54 bits per heavy atom. The molecule has 0 aliphatic heterocycles. The fourth-order valence-corrected chi connectivity index (χ4v) is 2.20. The molecule has 2 aromatic rings. The van der Waals surface area contributed by atoms with Crippen molar-refractivity contribution >= 4 is 29.1 Å². The number of hydrogen-bond acceptors (Lipinski definition) is 6. The molecule has 7 nitrogen and oxygen atoms in total.